The second-order valence-electron chi connectivity index (χ2n) is 4.59. The van der Waals surface area contributed by atoms with Gasteiger partial charge in [0.2, 0.25) is 6.41 Å². The summed E-state index contributed by atoms with van der Waals surface area (Å²) < 4.78 is 0. The van der Waals surface area contributed by atoms with Crippen LogP contribution in [-0.2, 0) is 4.79 Å². The topological polar surface area (TPSA) is 32.3 Å². The number of allylic oxidation sites excluding steroid dienone is 1. The molecule has 1 saturated heterocycles. The molecule has 0 unspecified atom stereocenters. The lowest BCUT2D eigenvalue weighted by Gasteiger charge is -2.31. The first-order chi connectivity index (χ1) is 7.38. The summed E-state index contributed by atoms with van der Waals surface area (Å²) >= 11 is 0. The molecular weight excluding hydrogens is 188 g/mol. The third-order valence-electron chi connectivity index (χ3n) is 3.45. The van der Waals surface area contributed by atoms with Crippen LogP contribution in [0.5, 0.6) is 0 Å². The highest BCUT2D eigenvalue weighted by molar-refractivity contribution is 5.46. The number of rotatable bonds is 4. The predicted molar refractivity (Wildman–Crippen MR) is 60.6 cm³/mol. The Morgan fingerprint density at radius 3 is 2.87 bits per heavy atom. The monoisotopic (exact) mass is 208 g/mol. The zero-order valence-corrected chi connectivity index (χ0v) is 9.24. The van der Waals surface area contributed by atoms with Crippen LogP contribution in [0.4, 0.5) is 0 Å². The van der Waals surface area contributed by atoms with Crippen LogP contribution < -0.4 is 5.32 Å². The Hall–Kier alpha value is -0.830. The lowest BCUT2D eigenvalue weighted by molar-refractivity contribution is -0.110. The van der Waals surface area contributed by atoms with Gasteiger partial charge < -0.3 is 5.32 Å². The van der Waals surface area contributed by atoms with E-state index in [0.717, 1.165) is 38.9 Å². The second-order valence-corrected chi connectivity index (χ2v) is 4.59. The standard InChI is InChI=1S/C12H20N2O/c15-10-13-12-5-7-14(8-6-12)9-11-3-1-2-4-11/h3,10,12H,1-2,4-9H2,(H,13,15). The number of carbonyl (C=O) groups is 1. The summed E-state index contributed by atoms with van der Waals surface area (Å²) in [5.74, 6) is 0. The fourth-order valence-electron chi connectivity index (χ4n) is 2.52. The molecule has 0 saturated carbocycles. The molecule has 2 aliphatic rings. The summed E-state index contributed by atoms with van der Waals surface area (Å²) in [6.45, 7) is 3.42. The molecule has 0 aromatic carbocycles. The van der Waals surface area contributed by atoms with E-state index in [0.29, 0.717) is 6.04 Å². The maximum atomic E-state index is 10.3. The van der Waals surface area contributed by atoms with Gasteiger partial charge in [0, 0.05) is 25.7 Å². The number of likely N-dealkylation sites (tertiary alicyclic amines) is 1. The average molecular weight is 208 g/mol. The van der Waals surface area contributed by atoms with Crippen LogP contribution in [0.25, 0.3) is 0 Å². The first kappa shape index (κ1) is 10.7. The normalized spacial score (nSPS) is 23.9. The molecule has 0 atom stereocenters. The van der Waals surface area contributed by atoms with Gasteiger partial charge in [0.15, 0.2) is 0 Å². The molecule has 84 valence electrons. The molecule has 0 spiro atoms. The molecule has 3 nitrogen and oxygen atoms in total. The van der Waals surface area contributed by atoms with Gasteiger partial charge in [0.1, 0.15) is 0 Å². The van der Waals surface area contributed by atoms with Gasteiger partial charge in [0.25, 0.3) is 0 Å². The third kappa shape index (κ3) is 3.06. The number of hydrogen-bond donors (Lipinski definition) is 1. The van der Waals surface area contributed by atoms with Gasteiger partial charge in [-0.1, -0.05) is 11.6 Å². The van der Waals surface area contributed by atoms with E-state index < -0.39 is 0 Å². The molecule has 1 N–H and O–H groups in total. The van der Waals surface area contributed by atoms with E-state index in [1.165, 1.54) is 19.3 Å². The zero-order chi connectivity index (χ0) is 10.5. The highest BCUT2D eigenvalue weighted by Gasteiger charge is 2.19. The van der Waals surface area contributed by atoms with Gasteiger partial charge in [-0.15, -0.1) is 0 Å². The maximum Gasteiger partial charge on any atom is 0.207 e. The summed E-state index contributed by atoms with van der Waals surface area (Å²) in [4.78, 5) is 12.8. The van der Waals surface area contributed by atoms with Crippen LogP contribution in [0, 0.1) is 0 Å². The van der Waals surface area contributed by atoms with Crippen molar-refractivity contribution in [1.29, 1.82) is 0 Å². The highest BCUT2D eigenvalue weighted by Crippen LogP contribution is 2.20. The lowest BCUT2D eigenvalue weighted by Crippen LogP contribution is -2.42. The van der Waals surface area contributed by atoms with E-state index in [4.69, 9.17) is 0 Å². The van der Waals surface area contributed by atoms with Gasteiger partial charge >= 0.3 is 0 Å². The molecule has 0 radical (unpaired) electrons. The molecule has 1 fully saturated rings. The number of amides is 1. The predicted octanol–water partition coefficient (Wildman–Crippen LogP) is 1.31. The fraction of sp³-hybridized carbons (Fsp3) is 0.750. The van der Waals surface area contributed by atoms with Gasteiger partial charge in [-0.05, 0) is 32.1 Å². The quantitative estimate of drug-likeness (QED) is 0.558. The minimum absolute atomic E-state index is 0.413. The van der Waals surface area contributed by atoms with Crippen LogP contribution in [-0.4, -0.2) is 37.0 Å². The highest BCUT2D eigenvalue weighted by atomic mass is 16.1. The van der Waals surface area contributed by atoms with E-state index in [2.05, 4.69) is 16.3 Å². The van der Waals surface area contributed by atoms with Crippen LogP contribution in [0.15, 0.2) is 11.6 Å². The maximum absolute atomic E-state index is 10.3. The van der Waals surface area contributed by atoms with Crippen molar-refractivity contribution in [2.45, 2.75) is 38.1 Å². The average Bonchev–Trinajstić information content (AvgIpc) is 2.74. The Labute approximate surface area is 91.5 Å². The van der Waals surface area contributed by atoms with Crippen molar-refractivity contribution in [1.82, 2.24) is 10.2 Å². The van der Waals surface area contributed by atoms with Crippen LogP contribution >= 0.6 is 0 Å². The molecule has 1 aliphatic heterocycles. The Morgan fingerprint density at radius 2 is 2.27 bits per heavy atom. The van der Waals surface area contributed by atoms with Crippen molar-refractivity contribution in [3.8, 4) is 0 Å². The summed E-state index contributed by atoms with van der Waals surface area (Å²) in [5, 5.41) is 2.88. The first-order valence-electron chi connectivity index (χ1n) is 5.98. The molecule has 3 heteroatoms. The van der Waals surface area contributed by atoms with Crippen molar-refractivity contribution < 1.29 is 4.79 Å². The second kappa shape index (κ2) is 5.31. The molecule has 0 aromatic rings. The van der Waals surface area contributed by atoms with E-state index in [-0.39, 0.29) is 0 Å². The van der Waals surface area contributed by atoms with Gasteiger partial charge in [-0.25, -0.2) is 0 Å². The van der Waals surface area contributed by atoms with Crippen molar-refractivity contribution in [2.24, 2.45) is 0 Å². The van der Waals surface area contributed by atoms with Crippen molar-refractivity contribution in [3.63, 3.8) is 0 Å². The summed E-state index contributed by atoms with van der Waals surface area (Å²) in [7, 11) is 0. The first-order valence-corrected chi connectivity index (χ1v) is 5.98. The lowest BCUT2D eigenvalue weighted by atomic mass is 10.0. The molecule has 0 aromatic heterocycles. The molecule has 1 heterocycles. The number of carbonyl (C=O) groups excluding carboxylic acids is 1. The molecule has 1 aliphatic carbocycles. The van der Waals surface area contributed by atoms with Crippen LogP contribution in [0.3, 0.4) is 0 Å². The zero-order valence-electron chi connectivity index (χ0n) is 9.24. The minimum atomic E-state index is 0.413. The van der Waals surface area contributed by atoms with Crippen molar-refractivity contribution in [3.05, 3.63) is 11.6 Å². The van der Waals surface area contributed by atoms with Gasteiger partial charge in [-0.2, -0.15) is 0 Å². The number of hydrogen-bond acceptors (Lipinski definition) is 2. The Balaban J connectivity index is 1.71. The largest absolute Gasteiger partial charge is 0.356 e. The van der Waals surface area contributed by atoms with Gasteiger partial charge in [-0.3, -0.25) is 9.69 Å². The number of nitrogens with one attached hydrogen (secondary N) is 1. The number of piperidine rings is 1. The summed E-state index contributed by atoms with van der Waals surface area (Å²) in [6.07, 6.45) is 9.36. The summed E-state index contributed by atoms with van der Waals surface area (Å²) in [6, 6.07) is 0.413. The molecule has 0 bridgehead atoms. The van der Waals surface area contributed by atoms with Crippen molar-refractivity contribution in [2.75, 3.05) is 19.6 Å². The molecule has 15 heavy (non-hydrogen) atoms. The van der Waals surface area contributed by atoms with E-state index in [9.17, 15) is 4.79 Å². The fourth-order valence-corrected chi connectivity index (χ4v) is 2.52. The van der Waals surface area contributed by atoms with Crippen molar-refractivity contribution >= 4 is 6.41 Å². The molecular formula is C12H20N2O. The third-order valence-corrected chi connectivity index (χ3v) is 3.45. The Kier molecular flexibility index (Phi) is 3.78. The van der Waals surface area contributed by atoms with Gasteiger partial charge in [0.05, 0.1) is 0 Å². The Bertz CT molecular complexity index is 242. The van der Waals surface area contributed by atoms with E-state index >= 15 is 0 Å². The number of nitrogens with zero attached hydrogens (tertiary/aromatic N) is 1. The Morgan fingerprint density at radius 1 is 1.47 bits per heavy atom. The van der Waals surface area contributed by atoms with Crippen LogP contribution in [0.2, 0.25) is 0 Å². The smallest absolute Gasteiger partial charge is 0.207 e. The van der Waals surface area contributed by atoms with Crippen LogP contribution in [0.1, 0.15) is 32.1 Å². The molecule has 2 rings (SSSR count). The van der Waals surface area contributed by atoms with E-state index in [1.54, 1.807) is 5.57 Å². The summed E-state index contributed by atoms with van der Waals surface area (Å²) in [5.41, 5.74) is 1.62. The van der Waals surface area contributed by atoms with E-state index in [1.807, 2.05) is 0 Å². The molecule has 1 amide bonds. The minimum Gasteiger partial charge on any atom is -0.356 e. The SMILES string of the molecule is O=CNC1CCN(CC2=CCCC2)CC1.